The standard InChI is InChI=1S/C14H14N4S/c1-14(15,10-6-3-2-4-7-10)13-16-12(17-18-13)11-8-5-9-19-11/h2-9H,15H2,1H3,(H,16,17,18). The minimum absolute atomic E-state index is 0.669. The van der Waals surface area contributed by atoms with Crippen molar-refractivity contribution in [2.75, 3.05) is 0 Å². The van der Waals surface area contributed by atoms with Crippen molar-refractivity contribution in [2.24, 2.45) is 5.73 Å². The molecule has 0 saturated carbocycles. The molecule has 1 unspecified atom stereocenters. The number of nitrogens with zero attached hydrogens (tertiary/aromatic N) is 2. The van der Waals surface area contributed by atoms with Crippen molar-refractivity contribution in [3.63, 3.8) is 0 Å². The van der Waals surface area contributed by atoms with Gasteiger partial charge in [-0.25, -0.2) is 4.98 Å². The Morgan fingerprint density at radius 2 is 1.95 bits per heavy atom. The van der Waals surface area contributed by atoms with E-state index < -0.39 is 5.54 Å². The third-order valence-corrected chi connectivity index (χ3v) is 3.96. The topological polar surface area (TPSA) is 67.6 Å². The Kier molecular flexibility index (Phi) is 2.93. The fourth-order valence-electron chi connectivity index (χ4n) is 1.93. The summed E-state index contributed by atoms with van der Waals surface area (Å²) in [5.41, 5.74) is 6.72. The third-order valence-electron chi connectivity index (χ3n) is 3.09. The number of H-pyrrole nitrogens is 1. The van der Waals surface area contributed by atoms with Gasteiger partial charge in [0.1, 0.15) is 5.82 Å². The van der Waals surface area contributed by atoms with E-state index in [2.05, 4.69) is 15.2 Å². The zero-order valence-corrected chi connectivity index (χ0v) is 11.3. The maximum Gasteiger partial charge on any atom is 0.191 e. The molecule has 3 N–H and O–H groups in total. The SMILES string of the molecule is CC(N)(c1ccccc1)c1nc(-c2cccs2)n[nH]1. The molecule has 19 heavy (non-hydrogen) atoms. The highest BCUT2D eigenvalue weighted by atomic mass is 32.1. The molecule has 2 aromatic heterocycles. The Labute approximate surface area is 115 Å². The van der Waals surface area contributed by atoms with Crippen molar-refractivity contribution in [1.29, 1.82) is 0 Å². The lowest BCUT2D eigenvalue weighted by molar-refractivity contribution is 0.561. The van der Waals surface area contributed by atoms with Gasteiger partial charge in [0, 0.05) is 0 Å². The second-order valence-electron chi connectivity index (χ2n) is 4.55. The lowest BCUT2D eigenvalue weighted by atomic mass is 9.92. The summed E-state index contributed by atoms with van der Waals surface area (Å²) in [5.74, 6) is 1.36. The highest BCUT2D eigenvalue weighted by molar-refractivity contribution is 7.13. The molecule has 3 rings (SSSR count). The first kappa shape index (κ1) is 12.1. The van der Waals surface area contributed by atoms with Gasteiger partial charge in [0.2, 0.25) is 0 Å². The summed E-state index contributed by atoms with van der Waals surface area (Å²) in [4.78, 5) is 5.55. The van der Waals surface area contributed by atoms with Crippen LogP contribution in [0.15, 0.2) is 47.8 Å². The monoisotopic (exact) mass is 270 g/mol. The molecule has 0 saturated heterocycles. The molecule has 0 aliphatic carbocycles. The van der Waals surface area contributed by atoms with Gasteiger partial charge in [0.25, 0.3) is 0 Å². The van der Waals surface area contributed by atoms with Crippen LogP contribution in [0.4, 0.5) is 0 Å². The predicted molar refractivity (Wildman–Crippen MR) is 76.8 cm³/mol. The quantitative estimate of drug-likeness (QED) is 0.769. The molecule has 2 heterocycles. The Bertz CT molecular complexity index is 656. The second kappa shape index (κ2) is 4.60. The number of hydrogen-bond donors (Lipinski definition) is 2. The minimum atomic E-state index is -0.677. The molecule has 0 spiro atoms. The zero-order chi connectivity index (χ0) is 13.3. The average molecular weight is 270 g/mol. The maximum atomic E-state index is 6.40. The number of nitrogens with one attached hydrogen (secondary N) is 1. The predicted octanol–water partition coefficient (Wildman–Crippen LogP) is 2.76. The average Bonchev–Trinajstić information content (AvgIpc) is 3.10. The van der Waals surface area contributed by atoms with E-state index in [9.17, 15) is 0 Å². The van der Waals surface area contributed by atoms with E-state index in [0.29, 0.717) is 11.6 Å². The zero-order valence-electron chi connectivity index (χ0n) is 10.5. The normalized spacial score (nSPS) is 14.2. The van der Waals surface area contributed by atoms with Gasteiger partial charge in [0.15, 0.2) is 5.82 Å². The van der Waals surface area contributed by atoms with Crippen molar-refractivity contribution in [3.05, 3.63) is 59.2 Å². The third kappa shape index (κ3) is 2.18. The van der Waals surface area contributed by atoms with E-state index in [0.717, 1.165) is 10.4 Å². The Balaban J connectivity index is 1.99. The van der Waals surface area contributed by atoms with Crippen LogP contribution in [0.3, 0.4) is 0 Å². The minimum Gasteiger partial charge on any atom is -0.315 e. The van der Waals surface area contributed by atoms with E-state index in [-0.39, 0.29) is 0 Å². The van der Waals surface area contributed by atoms with Gasteiger partial charge >= 0.3 is 0 Å². The number of aromatic amines is 1. The summed E-state index contributed by atoms with van der Waals surface area (Å²) < 4.78 is 0. The fourth-order valence-corrected chi connectivity index (χ4v) is 2.59. The Morgan fingerprint density at radius 3 is 2.63 bits per heavy atom. The van der Waals surface area contributed by atoms with Gasteiger partial charge in [-0.05, 0) is 23.9 Å². The van der Waals surface area contributed by atoms with Gasteiger partial charge in [-0.3, -0.25) is 5.10 Å². The van der Waals surface area contributed by atoms with Gasteiger partial charge in [0.05, 0.1) is 10.4 Å². The van der Waals surface area contributed by atoms with E-state index in [4.69, 9.17) is 5.73 Å². The molecule has 5 heteroatoms. The van der Waals surface area contributed by atoms with Crippen molar-refractivity contribution < 1.29 is 0 Å². The van der Waals surface area contributed by atoms with Crippen molar-refractivity contribution in [1.82, 2.24) is 15.2 Å². The number of thiophene rings is 1. The summed E-state index contributed by atoms with van der Waals surface area (Å²) in [6, 6.07) is 13.9. The van der Waals surface area contributed by atoms with Gasteiger partial charge in [-0.15, -0.1) is 11.3 Å². The molecular weight excluding hydrogens is 256 g/mol. The largest absolute Gasteiger partial charge is 0.315 e. The molecule has 3 aromatic rings. The van der Waals surface area contributed by atoms with Crippen molar-refractivity contribution in [3.8, 4) is 10.7 Å². The van der Waals surface area contributed by atoms with Crippen LogP contribution in [0.2, 0.25) is 0 Å². The highest BCUT2D eigenvalue weighted by Crippen LogP contribution is 2.26. The molecule has 0 bridgehead atoms. The van der Waals surface area contributed by atoms with Gasteiger partial charge < -0.3 is 5.73 Å². The molecule has 0 radical (unpaired) electrons. The number of nitrogens with two attached hydrogens (primary N) is 1. The first-order chi connectivity index (χ1) is 9.18. The van der Waals surface area contributed by atoms with Crippen molar-refractivity contribution in [2.45, 2.75) is 12.5 Å². The summed E-state index contributed by atoms with van der Waals surface area (Å²) in [6.45, 7) is 1.93. The molecule has 1 atom stereocenters. The van der Waals surface area contributed by atoms with Crippen LogP contribution < -0.4 is 5.73 Å². The van der Waals surface area contributed by atoms with Crippen LogP contribution in [-0.2, 0) is 5.54 Å². The molecule has 1 aromatic carbocycles. The molecule has 0 aliphatic heterocycles. The summed E-state index contributed by atoms with van der Waals surface area (Å²) in [5, 5.41) is 9.20. The first-order valence-corrected chi connectivity index (χ1v) is 6.87. The van der Waals surface area contributed by atoms with E-state index in [1.165, 1.54) is 0 Å². The second-order valence-corrected chi connectivity index (χ2v) is 5.50. The van der Waals surface area contributed by atoms with E-state index in [1.54, 1.807) is 11.3 Å². The molecule has 0 fully saturated rings. The van der Waals surface area contributed by atoms with Crippen LogP contribution in [0.5, 0.6) is 0 Å². The van der Waals surface area contributed by atoms with Crippen LogP contribution >= 0.6 is 11.3 Å². The Morgan fingerprint density at radius 1 is 1.16 bits per heavy atom. The summed E-state index contributed by atoms with van der Waals surface area (Å²) in [7, 11) is 0. The van der Waals surface area contributed by atoms with E-state index >= 15 is 0 Å². The molecule has 0 aliphatic rings. The molecular formula is C14H14N4S. The summed E-state index contributed by atoms with van der Waals surface area (Å²) in [6.07, 6.45) is 0. The molecule has 96 valence electrons. The smallest absolute Gasteiger partial charge is 0.191 e. The van der Waals surface area contributed by atoms with Crippen LogP contribution in [0.25, 0.3) is 10.7 Å². The number of hydrogen-bond acceptors (Lipinski definition) is 4. The number of aromatic nitrogens is 3. The fraction of sp³-hybridized carbons (Fsp3) is 0.143. The maximum absolute atomic E-state index is 6.40. The van der Waals surface area contributed by atoms with Gasteiger partial charge in [-0.2, -0.15) is 5.10 Å². The number of rotatable bonds is 3. The molecule has 0 amide bonds. The van der Waals surface area contributed by atoms with E-state index in [1.807, 2.05) is 54.8 Å². The summed E-state index contributed by atoms with van der Waals surface area (Å²) >= 11 is 1.61. The number of benzene rings is 1. The first-order valence-electron chi connectivity index (χ1n) is 5.99. The van der Waals surface area contributed by atoms with Crippen LogP contribution in [0, 0.1) is 0 Å². The van der Waals surface area contributed by atoms with Crippen LogP contribution in [0.1, 0.15) is 18.3 Å². The Hall–Kier alpha value is -1.98. The van der Waals surface area contributed by atoms with Crippen LogP contribution in [-0.4, -0.2) is 15.2 Å². The molecule has 4 nitrogen and oxygen atoms in total. The highest BCUT2D eigenvalue weighted by Gasteiger charge is 2.27. The lowest BCUT2D eigenvalue weighted by Gasteiger charge is -2.21. The van der Waals surface area contributed by atoms with Gasteiger partial charge in [-0.1, -0.05) is 36.4 Å². The lowest BCUT2D eigenvalue weighted by Crippen LogP contribution is -2.35. The van der Waals surface area contributed by atoms with Crippen molar-refractivity contribution >= 4 is 11.3 Å².